The molecule has 0 unspecified atom stereocenters. The zero-order valence-corrected chi connectivity index (χ0v) is 13.8. The standard InChI is InChI=1S/C21H26FN/c22-21-15-13-20(14-16-21)12-11-19-9-7-18(8-10-19)6-4-2-1-3-5-17-23/h1-3,5,13-16,18-19H,4,6-12H2/b2-1+,5-3+/t18-,19-. The molecule has 1 aromatic rings. The van der Waals surface area contributed by atoms with E-state index < -0.39 is 0 Å². The van der Waals surface area contributed by atoms with Gasteiger partial charge in [0.1, 0.15) is 5.82 Å². The van der Waals surface area contributed by atoms with Crippen molar-refractivity contribution in [1.29, 1.82) is 5.26 Å². The first-order valence-electron chi connectivity index (χ1n) is 8.73. The average Bonchev–Trinajstić information content (AvgIpc) is 2.58. The maximum Gasteiger partial charge on any atom is 0.123 e. The van der Waals surface area contributed by atoms with Gasteiger partial charge in [-0.3, -0.25) is 0 Å². The Morgan fingerprint density at radius 2 is 1.65 bits per heavy atom. The normalized spacial score (nSPS) is 21.7. The van der Waals surface area contributed by atoms with E-state index in [1.807, 2.05) is 24.3 Å². The summed E-state index contributed by atoms with van der Waals surface area (Å²) < 4.78 is 12.9. The van der Waals surface area contributed by atoms with Gasteiger partial charge in [0.05, 0.1) is 6.07 Å². The maximum atomic E-state index is 12.9. The van der Waals surface area contributed by atoms with Gasteiger partial charge in [-0.05, 0) is 55.2 Å². The highest BCUT2D eigenvalue weighted by molar-refractivity contribution is 5.16. The Morgan fingerprint density at radius 3 is 2.30 bits per heavy atom. The monoisotopic (exact) mass is 311 g/mol. The molecule has 1 nitrogen and oxygen atoms in total. The summed E-state index contributed by atoms with van der Waals surface area (Å²) in [6.45, 7) is 0. The number of halogens is 1. The van der Waals surface area contributed by atoms with Crippen molar-refractivity contribution in [1.82, 2.24) is 0 Å². The molecule has 1 aliphatic carbocycles. The Hall–Kier alpha value is -1.88. The molecule has 2 rings (SSSR count). The molecule has 0 heterocycles. The molecule has 1 aromatic carbocycles. The molecule has 1 fully saturated rings. The number of benzene rings is 1. The van der Waals surface area contributed by atoms with Crippen LogP contribution in [0.25, 0.3) is 0 Å². The second-order valence-electron chi connectivity index (χ2n) is 6.55. The lowest BCUT2D eigenvalue weighted by atomic mass is 9.78. The molecular formula is C21H26FN. The van der Waals surface area contributed by atoms with Crippen LogP contribution < -0.4 is 0 Å². The first-order chi connectivity index (χ1) is 11.3. The van der Waals surface area contributed by atoms with Gasteiger partial charge in [-0.15, -0.1) is 0 Å². The minimum absolute atomic E-state index is 0.147. The van der Waals surface area contributed by atoms with Gasteiger partial charge in [0.15, 0.2) is 0 Å². The third-order valence-corrected chi connectivity index (χ3v) is 4.88. The second-order valence-corrected chi connectivity index (χ2v) is 6.55. The molecule has 0 aliphatic heterocycles. The van der Waals surface area contributed by atoms with E-state index in [4.69, 9.17) is 5.26 Å². The topological polar surface area (TPSA) is 23.8 Å². The molecule has 1 saturated carbocycles. The molecule has 0 radical (unpaired) electrons. The van der Waals surface area contributed by atoms with Crippen LogP contribution in [0.5, 0.6) is 0 Å². The van der Waals surface area contributed by atoms with Crippen LogP contribution in [-0.2, 0) is 6.42 Å². The van der Waals surface area contributed by atoms with E-state index in [0.29, 0.717) is 0 Å². The summed E-state index contributed by atoms with van der Waals surface area (Å²) >= 11 is 0. The fraction of sp³-hybridized carbons (Fsp3) is 0.476. The third kappa shape index (κ3) is 6.82. The van der Waals surface area contributed by atoms with Gasteiger partial charge < -0.3 is 0 Å². The minimum atomic E-state index is -0.147. The highest BCUT2D eigenvalue weighted by Crippen LogP contribution is 2.33. The van der Waals surface area contributed by atoms with E-state index >= 15 is 0 Å². The average molecular weight is 311 g/mol. The summed E-state index contributed by atoms with van der Waals surface area (Å²) in [5.74, 6) is 1.55. The maximum absolute atomic E-state index is 12.9. The van der Waals surface area contributed by atoms with Gasteiger partial charge in [-0.1, -0.05) is 56.0 Å². The first-order valence-corrected chi connectivity index (χ1v) is 8.73. The van der Waals surface area contributed by atoms with Crippen molar-refractivity contribution in [3.8, 4) is 6.07 Å². The Balaban J connectivity index is 1.60. The van der Waals surface area contributed by atoms with Crippen molar-refractivity contribution in [2.45, 2.75) is 51.4 Å². The molecule has 1 aliphatic rings. The smallest absolute Gasteiger partial charge is 0.123 e. The largest absolute Gasteiger partial charge is 0.207 e. The van der Waals surface area contributed by atoms with Gasteiger partial charge >= 0.3 is 0 Å². The number of aryl methyl sites for hydroxylation is 1. The van der Waals surface area contributed by atoms with Crippen molar-refractivity contribution >= 4 is 0 Å². The number of nitriles is 1. The van der Waals surface area contributed by atoms with E-state index in [2.05, 4.69) is 6.08 Å². The van der Waals surface area contributed by atoms with Crippen LogP contribution in [-0.4, -0.2) is 0 Å². The first kappa shape index (κ1) is 17.5. The molecule has 0 atom stereocenters. The van der Waals surface area contributed by atoms with E-state index in [1.165, 1.54) is 50.2 Å². The zero-order chi connectivity index (χ0) is 16.3. The lowest BCUT2D eigenvalue weighted by Gasteiger charge is -2.28. The van der Waals surface area contributed by atoms with E-state index in [9.17, 15) is 4.39 Å². The summed E-state index contributed by atoms with van der Waals surface area (Å²) in [4.78, 5) is 0. The van der Waals surface area contributed by atoms with Crippen molar-refractivity contribution in [3.63, 3.8) is 0 Å². The number of hydrogen-bond acceptors (Lipinski definition) is 1. The van der Waals surface area contributed by atoms with Gasteiger partial charge in [-0.25, -0.2) is 4.39 Å². The van der Waals surface area contributed by atoms with Crippen LogP contribution in [0.15, 0.2) is 48.6 Å². The SMILES string of the molecule is N#C/C=C/C=C/CC[C@H]1CC[C@H](CCc2ccc(F)cc2)CC1. The number of allylic oxidation sites excluding steroid dienone is 4. The number of hydrogen-bond donors (Lipinski definition) is 0. The lowest BCUT2D eigenvalue weighted by molar-refractivity contribution is 0.254. The predicted molar refractivity (Wildman–Crippen MR) is 93.3 cm³/mol. The van der Waals surface area contributed by atoms with Gasteiger partial charge in [0.25, 0.3) is 0 Å². The summed E-state index contributed by atoms with van der Waals surface area (Å²) in [7, 11) is 0. The number of rotatable bonds is 7. The van der Waals surface area contributed by atoms with E-state index in [1.54, 1.807) is 18.2 Å². The summed E-state index contributed by atoms with van der Waals surface area (Å²) in [5.41, 5.74) is 1.25. The fourth-order valence-electron chi connectivity index (χ4n) is 3.44. The van der Waals surface area contributed by atoms with Gasteiger partial charge in [0.2, 0.25) is 0 Å². The fourth-order valence-corrected chi connectivity index (χ4v) is 3.44. The van der Waals surface area contributed by atoms with Gasteiger partial charge in [-0.2, -0.15) is 5.26 Å². The van der Waals surface area contributed by atoms with Crippen molar-refractivity contribution in [2.75, 3.05) is 0 Å². The van der Waals surface area contributed by atoms with E-state index in [0.717, 1.165) is 24.7 Å². The predicted octanol–water partition coefficient (Wildman–Crippen LogP) is 5.98. The number of nitrogens with zero attached hydrogens (tertiary/aromatic N) is 1. The van der Waals surface area contributed by atoms with Crippen molar-refractivity contribution in [3.05, 3.63) is 60.0 Å². The lowest BCUT2D eigenvalue weighted by Crippen LogP contribution is -2.15. The quantitative estimate of drug-likeness (QED) is 0.449. The van der Waals surface area contributed by atoms with Crippen molar-refractivity contribution < 1.29 is 4.39 Å². The Bertz CT molecular complexity index is 542. The molecule has 0 amide bonds. The molecule has 0 saturated heterocycles. The Kier molecular flexibility index (Phi) is 7.60. The zero-order valence-electron chi connectivity index (χ0n) is 13.8. The van der Waals surface area contributed by atoms with Crippen LogP contribution >= 0.6 is 0 Å². The molecule has 0 N–H and O–H groups in total. The van der Waals surface area contributed by atoms with Crippen LogP contribution in [0.3, 0.4) is 0 Å². The summed E-state index contributed by atoms with van der Waals surface area (Å²) in [5, 5.41) is 8.39. The molecule has 0 bridgehead atoms. The Labute approximate surface area is 139 Å². The molecule has 2 heteroatoms. The third-order valence-electron chi connectivity index (χ3n) is 4.88. The van der Waals surface area contributed by atoms with Crippen LogP contribution in [0, 0.1) is 29.0 Å². The van der Waals surface area contributed by atoms with Crippen molar-refractivity contribution in [2.24, 2.45) is 11.8 Å². The minimum Gasteiger partial charge on any atom is -0.207 e. The van der Waals surface area contributed by atoms with E-state index in [-0.39, 0.29) is 5.82 Å². The molecule has 0 aromatic heterocycles. The summed E-state index contributed by atoms with van der Waals surface area (Å²) in [6, 6.07) is 8.93. The summed E-state index contributed by atoms with van der Waals surface area (Å²) in [6.07, 6.45) is 17.5. The molecule has 0 spiro atoms. The van der Waals surface area contributed by atoms with Gasteiger partial charge in [0, 0.05) is 6.08 Å². The van der Waals surface area contributed by atoms with Crippen LogP contribution in [0.1, 0.15) is 50.5 Å². The molecule has 122 valence electrons. The van der Waals surface area contributed by atoms with Crippen LogP contribution in [0.4, 0.5) is 4.39 Å². The van der Waals surface area contributed by atoms with Crippen LogP contribution in [0.2, 0.25) is 0 Å². The Morgan fingerprint density at radius 1 is 1.00 bits per heavy atom. The molecular weight excluding hydrogens is 285 g/mol. The highest BCUT2D eigenvalue weighted by atomic mass is 19.1. The second kappa shape index (κ2) is 10.0. The highest BCUT2D eigenvalue weighted by Gasteiger charge is 2.20. The molecule has 23 heavy (non-hydrogen) atoms.